The summed E-state index contributed by atoms with van der Waals surface area (Å²) in [6, 6.07) is 9.99. The van der Waals surface area contributed by atoms with Crippen LogP contribution in [0.2, 0.25) is 0 Å². The number of rotatable bonds is 5. The Labute approximate surface area is 226 Å². The highest BCUT2D eigenvalue weighted by Crippen LogP contribution is 2.31. The molecule has 0 bridgehead atoms. The lowest BCUT2D eigenvalue weighted by molar-refractivity contribution is 0.102. The number of hydrogen-bond donors (Lipinski definition) is 2. The van der Waals surface area contributed by atoms with Crippen molar-refractivity contribution in [1.29, 1.82) is 0 Å². The molecule has 39 heavy (non-hydrogen) atoms. The molecule has 2 atom stereocenters. The number of carbonyl (C=O) groups excluding carboxylic acids is 1. The van der Waals surface area contributed by atoms with Crippen LogP contribution in [0, 0.1) is 13.8 Å². The van der Waals surface area contributed by atoms with Gasteiger partial charge in [-0.2, -0.15) is 0 Å². The third-order valence-electron chi connectivity index (χ3n) is 6.75. The van der Waals surface area contributed by atoms with E-state index in [0.29, 0.717) is 51.5 Å². The number of anilines is 2. The number of hydrogen-bond acceptors (Lipinski definition) is 8. The van der Waals surface area contributed by atoms with Crippen molar-refractivity contribution in [2.75, 3.05) is 23.3 Å². The van der Waals surface area contributed by atoms with E-state index in [0.717, 1.165) is 30.2 Å². The molecule has 0 saturated carbocycles. The quantitative estimate of drug-likeness (QED) is 0.347. The summed E-state index contributed by atoms with van der Waals surface area (Å²) in [6.45, 7) is 9.88. The predicted molar refractivity (Wildman–Crippen MR) is 151 cm³/mol. The number of aryl methyl sites for hydroxylation is 2. The Hall–Kier alpha value is -4.57. The first-order valence-electron chi connectivity index (χ1n) is 13.0. The average molecular weight is 523 g/mol. The summed E-state index contributed by atoms with van der Waals surface area (Å²) in [5.41, 5.74) is 5.64. The number of imidazole rings is 1. The summed E-state index contributed by atoms with van der Waals surface area (Å²) in [6.07, 6.45) is 8.66. The van der Waals surface area contributed by atoms with E-state index in [1.165, 1.54) is 0 Å². The minimum Gasteiger partial charge on any atom is -0.452 e. The minimum atomic E-state index is -0.284. The Balaban J connectivity index is 1.34. The van der Waals surface area contributed by atoms with E-state index in [4.69, 9.17) is 4.74 Å². The van der Waals surface area contributed by atoms with Gasteiger partial charge >= 0.3 is 0 Å². The molecule has 1 aliphatic heterocycles. The Morgan fingerprint density at radius 1 is 0.974 bits per heavy atom. The van der Waals surface area contributed by atoms with Crippen LogP contribution >= 0.6 is 0 Å². The second-order valence-electron chi connectivity index (χ2n) is 10.2. The van der Waals surface area contributed by atoms with Crippen molar-refractivity contribution < 1.29 is 9.53 Å². The lowest BCUT2D eigenvalue weighted by atomic mass is 10.1. The maximum atomic E-state index is 13.6. The van der Waals surface area contributed by atoms with E-state index < -0.39 is 0 Å². The fraction of sp³-hybridized carbons (Fsp3) is 0.276. The van der Waals surface area contributed by atoms with Crippen molar-refractivity contribution in [1.82, 2.24) is 29.7 Å². The second kappa shape index (κ2) is 9.95. The standard InChI is InChI=1S/C29H30N8O2/c1-17-5-6-22(12-32-17)39-25-11-21(16-37-15-20(4)34-28(25)37)35-29(38)23-7-8-24(27-26(23)30-9-10-31-27)36-13-18(2)33-19(3)14-36/h5-12,15-16,18-19,33H,13-14H2,1-4H3,(H,35,38). The second-order valence-corrected chi connectivity index (χ2v) is 10.2. The van der Waals surface area contributed by atoms with Crippen LogP contribution in [-0.2, 0) is 0 Å². The SMILES string of the molecule is Cc1ccc(Oc2cc(NC(=O)c3ccc(N4CC(C)NC(C)C4)c4nccnc34)cn3cc(C)nc23)cn1. The number of pyridine rings is 2. The van der Waals surface area contributed by atoms with E-state index in [9.17, 15) is 4.79 Å². The number of nitrogens with one attached hydrogen (secondary N) is 2. The van der Waals surface area contributed by atoms with Gasteiger partial charge in [0, 0.05) is 61.7 Å². The Kier molecular flexibility index (Phi) is 6.32. The van der Waals surface area contributed by atoms with E-state index in [-0.39, 0.29) is 5.91 Å². The molecule has 1 aromatic carbocycles. The van der Waals surface area contributed by atoms with Crippen LogP contribution in [0.1, 0.15) is 35.6 Å². The Morgan fingerprint density at radius 2 is 1.74 bits per heavy atom. The topological polar surface area (TPSA) is 110 Å². The first kappa shape index (κ1) is 24.7. The number of piperazine rings is 1. The summed E-state index contributed by atoms with van der Waals surface area (Å²) in [4.78, 5) is 34.0. The first-order valence-corrected chi connectivity index (χ1v) is 13.0. The largest absolute Gasteiger partial charge is 0.452 e. The van der Waals surface area contributed by atoms with Crippen molar-refractivity contribution in [3.8, 4) is 11.5 Å². The maximum absolute atomic E-state index is 13.6. The number of ether oxygens (including phenoxy) is 1. The molecule has 10 nitrogen and oxygen atoms in total. The highest BCUT2D eigenvalue weighted by atomic mass is 16.5. The zero-order valence-electron chi connectivity index (χ0n) is 22.3. The number of benzene rings is 1. The number of aromatic nitrogens is 5. The van der Waals surface area contributed by atoms with E-state index in [1.807, 2.05) is 54.9 Å². The smallest absolute Gasteiger partial charge is 0.257 e. The summed E-state index contributed by atoms with van der Waals surface area (Å²) in [7, 11) is 0. The zero-order chi connectivity index (χ0) is 27.1. The molecule has 2 N–H and O–H groups in total. The number of amides is 1. The molecule has 5 aromatic rings. The van der Waals surface area contributed by atoms with Crippen LogP contribution in [0.5, 0.6) is 11.5 Å². The van der Waals surface area contributed by atoms with Crippen molar-refractivity contribution in [2.24, 2.45) is 0 Å². The zero-order valence-corrected chi connectivity index (χ0v) is 22.3. The van der Waals surface area contributed by atoms with Crippen LogP contribution < -0.4 is 20.3 Å². The van der Waals surface area contributed by atoms with Crippen LogP contribution in [0.4, 0.5) is 11.4 Å². The van der Waals surface area contributed by atoms with Gasteiger partial charge in [0.25, 0.3) is 5.91 Å². The highest BCUT2D eigenvalue weighted by Gasteiger charge is 2.25. The third-order valence-corrected chi connectivity index (χ3v) is 6.75. The van der Waals surface area contributed by atoms with Crippen molar-refractivity contribution in [3.05, 3.63) is 78.3 Å². The normalized spacial score (nSPS) is 17.5. The summed E-state index contributed by atoms with van der Waals surface area (Å²) >= 11 is 0. The molecular weight excluding hydrogens is 492 g/mol. The number of nitrogens with zero attached hydrogens (tertiary/aromatic N) is 6. The van der Waals surface area contributed by atoms with Crippen LogP contribution in [0.3, 0.4) is 0 Å². The molecule has 0 spiro atoms. The molecule has 6 rings (SSSR count). The average Bonchev–Trinajstić information content (AvgIpc) is 3.29. The molecule has 4 aromatic heterocycles. The Bertz CT molecular complexity index is 1670. The lowest BCUT2D eigenvalue weighted by Gasteiger charge is -2.38. The molecule has 1 fully saturated rings. The summed E-state index contributed by atoms with van der Waals surface area (Å²) < 4.78 is 7.97. The Morgan fingerprint density at radius 3 is 2.49 bits per heavy atom. The van der Waals surface area contributed by atoms with Crippen LogP contribution in [0.25, 0.3) is 16.7 Å². The van der Waals surface area contributed by atoms with Gasteiger partial charge in [0.05, 0.1) is 28.8 Å². The van der Waals surface area contributed by atoms with Gasteiger partial charge in [-0.1, -0.05) is 0 Å². The van der Waals surface area contributed by atoms with Crippen molar-refractivity contribution in [3.63, 3.8) is 0 Å². The molecular formula is C29H30N8O2. The molecule has 2 unspecified atom stereocenters. The van der Waals surface area contributed by atoms with Gasteiger partial charge in [0.2, 0.25) is 0 Å². The van der Waals surface area contributed by atoms with Crippen molar-refractivity contribution >= 4 is 34.0 Å². The molecule has 0 aliphatic carbocycles. The van der Waals surface area contributed by atoms with Gasteiger partial charge < -0.3 is 24.7 Å². The number of fused-ring (bicyclic) bond motifs is 2. The predicted octanol–water partition coefficient (Wildman–Crippen LogP) is 4.52. The van der Waals surface area contributed by atoms with Gasteiger partial charge in [0.1, 0.15) is 16.8 Å². The fourth-order valence-corrected chi connectivity index (χ4v) is 5.18. The minimum absolute atomic E-state index is 0.284. The molecule has 1 aliphatic rings. The molecule has 10 heteroatoms. The lowest BCUT2D eigenvalue weighted by Crippen LogP contribution is -2.54. The first-order chi connectivity index (χ1) is 18.8. The van der Waals surface area contributed by atoms with Crippen LogP contribution in [-0.4, -0.2) is 55.4 Å². The summed E-state index contributed by atoms with van der Waals surface area (Å²) in [5, 5.41) is 6.58. The third kappa shape index (κ3) is 4.98. The van der Waals surface area contributed by atoms with Gasteiger partial charge in [-0.15, -0.1) is 0 Å². The highest BCUT2D eigenvalue weighted by molar-refractivity contribution is 6.13. The van der Waals surface area contributed by atoms with Gasteiger partial charge in [-0.05, 0) is 52.0 Å². The molecule has 0 radical (unpaired) electrons. The molecule has 198 valence electrons. The summed E-state index contributed by atoms with van der Waals surface area (Å²) in [5.74, 6) is 0.807. The molecule has 1 amide bonds. The fourth-order valence-electron chi connectivity index (χ4n) is 5.18. The van der Waals surface area contributed by atoms with Gasteiger partial charge in [-0.3, -0.25) is 19.7 Å². The van der Waals surface area contributed by atoms with E-state index >= 15 is 0 Å². The van der Waals surface area contributed by atoms with Gasteiger partial charge in [-0.25, -0.2) is 4.98 Å². The maximum Gasteiger partial charge on any atom is 0.257 e. The van der Waals surface area contributed by atoms with E-state index in [2.05, 4.69) is 49.3 Å². The monoisotopic (exact) mass is 522 g/mol. The van der Waals surface area contributed by atoms with Gasteiger partial charge in [0.15, 0.2) is 11.4 Å². The number of carbonyl (C=O) groups is 1. The van der Waals surface area contributed by atoms with Crippen molar-refractivity contribution in [2.45, 2.75) is 39.8 Å². The molecule has 5 heterocycles. The molecule has 1 saturated heterocycles. The van der Waals surface area contributed by atoms with Crippen LogP contribution in [0.15, 0.2) is 61.3 Å². The van der Waals surface area contributed by atoms with E-state index in [1.54, 1.807) is 24.7 Å².